The first kappa shape index (κ1) is 22.6. The highest BCUT2D eigenvalue weighted by atomic mass is 32.1. The Bertz CT molecular complexity index is 574. The van der Waals surface area contributed by atoms with Gasteiger partial charge in [-0.1, -0.05) is 12.5 Å². The van der Waals surface area contributed by atoms with E-state index in [1.807, 2.05) is 0 Å². The lowest BCUT2D eigenvalue weighted by molar-refractivity contribution is -0.140. The number of nitrogens with zero attached hydrogens (tertiary/aromatic N) is 2. The molecule has 0 bridgehead atoms. The number of methoxy groups -OCH3 is 1. The molecule has 1 saturated heterocycles. The molecule has 1 aliphatic rings. The van der Waals surface area contributed by atoms with Crippen molar-refractivity contribution in [3.05, 3.63) is 22.4 Å². The minimum Gasteiger partial charge on any atom is -0.469 e. The van der Waals surface area contributed by atoms with Crippen LogP contribution in [0.4, 0.5) is 0 Å². The third-order valence-electron chi connectivity index (χ3n) is 4.70. The first-order valence-corrected chi connectivity index (χ1v) is 11.1. The lowest BCUT2D eigenvalue weighted by Gasteiger charge is -2.33. The van der Waals surface area contributed by atoms with E-state index in [4.69, 9.17) is 9.73 Å². The summed E-state index contributed by atoms with van der Waals surface area (Å²) < 4.78 is 10.2. The van der Waals surface area contributed by atoms with Crippen molar-refractivity contribution < 1.29 is 14.3 Å². The highest BCUT2D eigenvalue weighted by molar-refractivity contribution is 7.10. The molecule has 28 heavy (non-hydrogen) atoms. The lowest BCUT2D eigenvalue weighted by Crippen LogP contribution is -2.41. The molecule has 2 N–H and O–H groups in total. The monoisotopic (exact) mass is 410 g/mol. The van der Waals surface area contributed by atoms with E-state index >= 15 is 0 Å². The van der Waals surface area contributed by atoms with Crippen molar-refractivity contribution in [3.8, 4) is 0 Å². The molecule has 1 fully saturated rings. The van der Waals surface area contributed by atoms with Gasteiger partial charge < -0.3 is 20.1 Å². The van der Waals surface area contributed by atoms with Gasteiger partial charge in [0.25, 0.3) is 0 Å². The van der Waals surface area contributed by atoms with Gasteiger partial charge in [0, 0.05) is 37.5 Å². The fourth-order valence-electron chi connectivity index (χ4n) is 3.15. The van der Waals surface area contributed by atoms with Crippen molar-refractivity contribution in [1.29, 1.82) is 0 Å². The van der Waals surface area contributed by atoms with Crippen molar-refractivity contribution in [2.45, 2.75) is 38.6 Å². The second kappa shape index (κ2) is 13.5. The zero-order valence-electron chi connectivity index (χ0n) is 17.1. The molecular formula is C20H34N4O3S. The van der Waals surface area contributed by atoms with Crippen molar-refractivity contribution in [2.75, 3.05) is 53.0 Å². The number of guanidine groups is 1. The Morgan fingerprint density at radius 1 is 1.32 bits per heavy atom. The van der Waals surface area contributed by atoms with Gasteiger partial charge in [-0.15, -0.1) is 11.3 Å². The summed E-state index contributed by atoms with van der Waals surface area (Å²) >= 11 is 1.79. The molecule has 0 aromatic carbocycles. The standard InChI is InChI=1S/C20H34N4O3S/c1-3-21-20(22-10-6-4-5-9-19(25)26-2)23-16-17(18-8-7-15-28-18)24-11-13-27-14-12-24/h7-8,15,17H,3-6,9-14,16H2,1-2H3,(H2,21,22,23). The van der Waals surface area contributed by atoms with E-state index in [0.29, 0.717) is 12.5 Å². The number of aliphatic imine (C=N–C) groups is 1. The Morgan fingerprint density at radius 2 is 2.14 bits per heavy atom. The molecule has 0 radical (unpaired) electrons. The number of nitrogens with one attached hydrogen (secondary N) is 2. The quantitative estimate of drug-likeness (QED) is 0.253. The van der Waals surface area contributed by atoms with E-state index in [1.165, 1.54) is 12.0 Å². The number of carbonyl (C=O) groups is 1. The first-order chi connectivity index (χ1) is 13.7. The van der Waals surface area contributed by atoms with Crippen molar-refractivity contribution in [3.63, 3.8) is 0 Å². The summed E-state index contributed by atoms with van der Waals surface area (Å²) in [4.78, 5) is 19.8. The topological polar surface area (TPSA) is 75.2 Å². The maximum Gasteiger partial charge on any atom is 0.305 e. The number of ether oxygens (including phenoxy) is 2. The minimum atomic E-state index is -0.134. The number of hydrogen-bond donors (Lipinski definition) is 2. The highest BCUT2D eigenvalue weighted by Gasteiger charge is 2.23. The lowest BCUT2D eigenvalue weighted by atomic mass is 10.2. The van der Waals surface area contributed by atoms with Crippen LogP contribution < -0.4 is 10.6 Å². The third-order valence-corrected chi connectivity index (χ3v) is 5.68. The molecule has 0 aliphatic carbocycles. The van der Waals surface area contributed by atoms with E-state index < -0.39 is 0 Å². The van der Waals surface area contributed by atoms with Crippen LogP contribution in [0.2, 0.25) is 0 Å². The maximum atomic E-state index is 11.1. The second-order valence-electron chi connectivity index (χ2n) is 6.71. The predicted molar refractivity (Wildman–Crippen MR) is 114 cm³/mol. The van der Waals surface area contributed by atoms with Gasteiger partial charge in [-0.25, -0.2) is 0 Å². The summed E-state index contributed by atoms with van der Waals surface area (Å²) in [6.45, 7) is 7.93. The van der Waals surface area contributed by atoms with Crippen LogP contribution in [0, 0.1) is 0 Å². The molecule has 1 aromatic heterocycles. The SMILES string of the molecule is CCNC(=NCC(c1cccs1)N1CCOCC1)NCCCCCC(=O)OC. The number of hydrogen-bond acceptors (Lipinski definition) is 6. The number of esters is 1. The number of rotatable bonds is 11. The van der Waals surface area contributed by atoms with Gasteiger partial charge in [-0.05, 0) is 31.2 Å². The fraction of sp³-hybridized carbons (Fsp3) is 0.700. The van der Waals surface area contributed by atoms with Gasteiger partial charge in [-0.2, -0.15) is 0 Å². The largest absolute Gasteiger partial charge is 0.469 e. The van der Waals surface area contributed by atoms with Crippen LogP contribution in [0.5, 0.6) is 0 Å². The first-order valence-electron chi connectivity index (χ1n) is 10.2. The average Bonchev–Trinajstić information content (AvgIpc) is 3.25. The number of thiophene rings is 1. The molecule has 2 rings (SSSR count). The molecular weight excluding hydrogens is 376 g/mol. The van der Waals surface area contributed by atoms with Gasteiger partial charge in [0.1, 0.15) is 0 Å². The minimum absolute atomic E-state index is 0.134. The summed E-state index contributed by atoms with van der Waals surface area (Å²) in [6.07, 6.45) is 3.35. The van der Waals surface area contributed by atoms with Crippen LogP contribution in [-0.2, 0) is 14.3 Å². The van der Waals surface area contributed by atoms with Gasteiger partial charge in [-0.3, -0.25) is 14.7 Å². The highest BCUT2D eigenvalue weighted by Crippen LogP contribution is 2.26. The summed E-state index contributed by atoms with van der Waals surface area (Å²) in [5, 5.41) is 8.87. The fourth-order valence-corrected chi connectivity index (χ4v) is 4.01. The van der Waals surface area contributed by atoms with Gasteiger partial charge >= 0.3 is 5.97 Å². The molecule has 7 nitrogen and oxygen atoms in total. The van der Waals surface area contributed by atoms with Gasteiger partial charge in [0.2, 0.25) is 0 Å². The van der Waals surface area contributed by atoms with Crippen molar-refractivity contribution in [1.82, 2.24) is 15.5 Å². The van der Waals surface area contributed by atoms with Crippen LogP contribution in [0.25, 0.3) is 0 Å². The van der Waals surface area contributed by atoms with Crippen LogP contribution in [-0.4, -0.2) is 69.9 Å². The molecule has 1 atom stereocenters. The van der Waals surface area contributed by atoms with E-state index in [-0.39, 0.29) is 5.97 Å². The zero-order chi connectivity index (χ0) is 20.0. The molecule has 158 valence electrons. The van der Waals surface area contributed by atoms with E-state index in [9.17, 15) is 4.79 Å². The molecule has 1 unspecified atom stereocenters. The Hall–Kier alpha value is -1.64. The van der Waals surface area contributed by atoms with Gasteiger partial charge in [0.05, 0.1) is 32.9 Å². The number of unbranched alkanes of at least 4 members (excludes halogenated alkanes) is 2. The molecule has 1 aliphatic heterocycles. The van der Waals surface area contributed by atoms with Crippen LogP contribution in [0.1, 0.15) is 43.5 Å². The van der Waals surface area contributed by atoms with Crippen LogP contribution in [0.3, 0.4) is 0 Å². The maximum absolute atomic E-state index is 11.1. The van der Waals surface area contributed by atoms with Crippen LogP contribution in [0.15, 0.2) is 22.5 Å². The van der Waals surface area contributed by atoms with E-state index in [0.717, 1.165) is 71.2 Å². The molecule has 0 amide bonds. The normalized spacial score (nSPS) is 16.6. The Kier molecular flexibility index (Phi) is 10.9. The van der Waals surface area contributed by atoms with Gasteiger partial charge in [0.15, 0.2) is 5.96 Å². The third kappa shape index (κ3) is 8.16. The number of carbonyl (C=O) groups excluding carboxylic acids is 1. The molecule has 2 heterocycles. The summed E-state index contributed by atoms with van der Waals surface area (Å²) in [7, 11) is 1.43. The Labute approximate surface area is 172 Å². The molecule has 0 saturated carbocycles. The summed E-state index contributed by atoms with van der Waals surface area (Å²) in [6, 6.07) is 4.59. The van der Waals surface area contributed by atoms with Crippen LogP contribution >= 0.6 is 11.3 Å². The Morgan fingerprint density at radius 3 is 2.82 bits per heavy atom. The zero-order valence-corrected chi connectivity index (χ0v) is 17.9. The van der Waals surface area contributed by atoms with E-state index in [2.05, 4.69) is 44.7 Å². The summed E-state index contributed by atoms with van der Waals surface area (Å²) in [5.74, 6) is 0.718. The average molecular weight is 411 g/mol. The van der Waals surface area contributed by atoms with E-state index in [1.54, 1.807) is 11.3 Å². The molecule has 1 aromatic rings. The summed E-state index contributed by atoms with van der Waals surface area (Å²) in [5.41, 5.74) is 0. The predicted octanol–water partition coefficient (Wildman–Crippen LogP) is 2.41. The number of morpholine rings is 1. The molecule has 8 heteroatoms. The smallest absolute Gasteiger partial charge is 0.305 e. The second-order valence-corrected chi connectivity index (χ2v) is 7.69. The van der Waals surface area contributed by atoms with Crippen molar-refractivity contribution >= 4 is 23.3 Å². The molecule has 0 spiro atoms. The van der Waals surface area contributed by atoms with Crippen molar-refractivity contribution in [2.24, 2.45) is 4.99 Å². The Balaban J connectivity index is 1.83.